The third-order valence-electron chi connectivity index (χ3n) is 20.2. The quantitative estimate of drug-likeness (QED) is 0.0305. The molecular formula is C84H32B2F40S5. The molecule has 0 atom stereocenters. The second-order valence-electron chi connectivity index (χ2n) is 27.7. The highest BCUT2D eigenvalue weighted by atomic mass is 32.2. The number of benzene rings is 12. The molecule has 0 spiro atoms. The Bertz CT molecular complexity index is 5710. The summed E-state index contributed by atoms with van der Waals surface area (Å²) in [5, 5.41) is 0. The van der Waals surface area contributed by atoms with Gasteiger partial charge >= 0.3 is 0 Å². The smallest absolute Gasteiger partial charge is 0.207 e. The highest BCUT2D eigenvalue weighted by Crippen LogP contribution is 2.46. The predicted octanol–water partition coefficient (Wildman–Crippen LogP) is 23.1. The van der Waals surface area contributed by atoms with Crippen molar-refractivity contribution >= 4 is 112 Å². The Labute approximate surface area is 724 Å². The lowest BCUT2D eigenvalue weighted by molar-refractivity contribution is 0.377. The molecule has 0 aliphatic carbocycles. The zero-order valence-corrected chi connectivity index (χ0v) is 67.9. The van der Waals surface area contributed by atoms with Crippen LogP contribution in [0.2, 0.25) is 0 Å². The summed E-state index contributed by atoms with van der Waals surface area (Å²) < 4.78 is 593. The van der Waals surface area contributed by atoms with Crippen molar-refractivity contribution in [3.63, 3.8) is 0 Å². The summed E-state index contributed by atoms with van der Waals surface area (Å²) in [4.78, 5) is 5.49. The van der Waals surface area contributed by atoms with Crippen molar-refractivity contribution in [2.75, 3.05) is 0 Å². The summed E-state index contributed by atoms with van der Waals surface area (Å²) in [5.74, 6) is -143. The summed E-state index contributed by atoms with van der Waals surface area (Å²) in [6.45, 7) is 8.63. The SMILES string of the molecule is Cc1ccc([S+](c2ccc(C)cc2)c2ccc(Sc3ccc([S+](c4ccc(C)cc4)c4ccc(C)cc4)s3)s2)cc1.Fc1c(F)c(F)c([B-](c2c(F)c(F)c(F)c(F)c2F)(c2c(F)c(F)c(F)c(F)c2F)c2c(F)c(F)c(F)c(F)c2F)c(F)c1F.Fc1c(F)c(F)c([B-](c2c(F)c(F)c(F)c(F)c2F)(c2c(F)c(F)c(F)c(F)c2F)c2c(F)c(F)c(F)c(F)c2F)c(F)c1F. The van der Waals surface area contributed by atoms with E-state index in [2.05, 4.69) is 149 Å². The van der Waals surface area contributed by atoms with E-state index in [9.17, 15) is 105 Å². The number of hydrogen-bond acceptors (Lipinski definition) is 3. The molecule has 0 aliphatic heterocycles. The van der Waals surface area contributed by atoms with E-state index in [1.807, 2.05) is 34.4 Å². The van der Waals surface area contributed by atoms with E-state index < -0.39 is 289 Å². The fourth-order valence-corrected chi connectivity index (χ4v) is 23.4. The standard InChI is InChI=1S/C36H32S5.2C24BF20/c1-25-5-13-29(14-6-25)40(30-15-7-26(2)8-16-30)35-23-21-33(38-35)37-34-22-24-36(39-34)41(31-17-9-27(3)10-18-31)32-19-11-28(4)12-20-32;2*26-5-1(6(27)14(35)21(42)13(5)34)25(2-7(28)15(36)22(43)16(37)8(2)29,3-9(30)17(38)23(44)18(39)10(3)31)4-11(32)19(40)24(45)20(41)12(4)33/h5-24H,1-4H3;;/q+2;2*-1. The van der Waals surface area contributed by atoms with Gasteiger partial charge in [0, 0.05) is 12.1 Å². The molecule has 0 fully saturated rings. The molecule has 0 bridgehead atoms. The van der Waals surface area contributed by atoms with Gasteiger partial charge in [-0.1, -0.05) is 105 Å². The van der Waals surface area contributed by atoms with Crippen LogP contribution in [0.4, 0.5) is 176 Å². The maximum absolute atomic E-state index is 15.4. The van der Waals surface area contributed by atoms with E-state index in [4.69, 9.17) is 0 Å². The van der Waals surface area contributed by atoms with Gasteiger partial charge in [-0.05, 0) is 88.4 Å². The van der Waals surface area contributed by atoms with E-state index in [-0.39, 0.29) is 21.8 Å². The monoisotopic (exact) mass is 1980 g/mol. The van der Waals surface area contributed by atoms with Gasteiger partial charge in [-0.3, -0.25) is 0 Å². The van der Waals surface area contributed by atoms with Gasteiger partial charge in [-0.25, -0.2) is 176 Å². The maximum atomic E-state index is 15.4. The number of rotatable bonds is 16. The van der Waals surface area contributed by atoms with Crippen molar-refractivity contribution in [1.29, 1.82) is 0 Å². The average molecular weight is 1980 g/mol. The van der Waals surface area contributed by atoms with Gasteiger partial charge in [0.25, 0.3) is 0 Å². The Balaban J connectivity index is 0.000000178. The Kier molecular flexibility index (Phi) is 28.0. The van der Waals surface area contributed by atoms with Crippen LogP contribution in [0.15, 0.2) is 158 Å². The Morgan fingerprint density at radius 2 is 0.275 bits per heavy atom. The third-order valence-corrected chi connectivity index (χ3v) is 28.7. The van der Waals surface area contributed by atoms with Crippen LogP contribution in [0.5, 0.6) is 0 Å². The third kappa shape index (κ3) is 16.2. The van der Waals surface area contributed by atoms with E-state index in [0.717, 1.165) is 0 Å². The molecule has 0 amide bonds. The Morgan fingerprint density at radius 3 is 0.397 bits per heavy atom. The molecule has 684 valence electrons. The normalized spacial score (nSPS) is 11.8. The lowest BCUT2D eigenvalue weighted by atomic mass is 9.12. The lowest BCUT2D eigenvalue weighted by Gasteiger charge is -2.44. The summed E-state index contributed by atoms with van der Waals surface area (Å²) >= 11 is 5.76. The molecule has 0 N–H and O–H groups in total. The largest absolute Gasteiger partial charge is 0.221 e. The molecule has 47 heteroatoms. The van der Waals surface area contributed by atoms with Crippen LogP contribution in [0.1, 0.15) is 22.3 Å². The molecule has 0 unspecified atom stereocenters. The zero-order chi connectivity index (χ0) is 97.1. The van der Waals surface area contributed by atoms with Crippen LogP contribution in [-0.2, 0) is 21.8 Å². The van der Waals surface area contributed by atoms with Crippen LogP contribution in [0.25, 0.3) is 0 Å². The molecular weight excluding hydrogens is 1950 g/mol. The molecule has 14 aromatic rings. The second kappa shape index (κ2) is 37.2. The topological polar surface area (TPSA) is 0 Å². The predicted molar refractivity (Wildman–Crippen MR) is 400 cm³/mol. The summed E-state index contributed by atoms with van der Waals surface area (Å²) in [7, 11) is -0.229. The molecule has 0 radical (unpaired) electrons. The average Bonchev–Trinajstić information content (AvgIpc) is 1.08. The van der Waals surface area contributed by atoms with Crippen LogP contribution < -0.4 is 43.7 Å². The molecule has 14 rings (SSSR count). The maximum Gasteiger partial charge on any atom is 0.221 e. The Hall–Kier alpha value is -11.6. The number of thiophene rings is 2. The van der Waals surface area contributed by atoms with Gasteiger partial charge < -0.3 is 0 Å². The van der Waals surface area contributed by atoms with Gasteiger partial charge in [-0.2, -0.15) is 0 Å². The molecule has 0 saturated heterocycles. The van der Waals surface area contributed by atoms with Crippen LogP contribution in [-0.4, -0.2) is 12.3 Å². The molecule has 12 aromatic carbocycles. The first-order chi connectivity index (χ1) is 61.3. The van der Waals surface area contributed by atoms with Crippen molar-refractivity contribution in [3.8, 4) is 0 Å². The Morgan fingerprint density at radius 1 is 0.160 bits per heavy atom. The summed E-state index contributed by atoms with van der Waals surface area (Å²) in [6, 6.07) is 45.6. The molecule has 131 heavy (non-hydrogen) atoms. The van der Waals surface area contributed by atoms with Crippen molar-refractivity contribution < 1.29 is 176 Å². The minimum absolute atomic E-state index is 0.114. The highest BCUT2D eigenvalue weighted by Gasteiger charge is 2.56. The van der Waals surface area contributed by atoms with Crippen LogP contribution in [0.3, 0.4) is 0 Å². The van der Waals surface area contributed by atoms with Crippen molar-refractivity contribution in [3.05, 3.63) is 376 Å². The number of hydrogen-bond donors (Lipinski definition) is 0. The van der Waals surface area contributed by atoms with E-state index >= 15 is 70.2 Å². The first-order valence-corrected chi connectivity index (χ1v) is 40.3. The molecule has 0 aliphatic rings. The highest BCUT2D eigenvalue weighted by molar-refractivity contribution is 8.04. The molecule has 2 aromatic heterocycles. The minimum Gasteiger partial charge on any atom is -0.207 e. The van der Waals surface area contributed by atoms with Crippen LogP contribution in [0, 0.1) is 260 Å². The molecule has 2 heterocycles. The first kappa shape index (κ1) is 98.5. The fourth-order valence-electron chi connectivity index (χ4n) is 14.2. The van der Waals surface area contributed by atoms with Crippen molar-refractivity contribution in [1.82, 2.24) is 0 Å². The minimum atomic E-state index is -7.22. The van der Waals surface area contributed by atoms with Gasteiger partial charge in [0.2, 0.25) is 8.42 Å². The van der Waals surface area contributed by atoms with Gasteiger partial charge in [-0.15, -0.1) is 43.7 Å². The van der Waals surface area contributed by atoms with E-state index in [0.29, 0.717) is 0 Å². The van der Waals surface area contributed by atoms with E-state index in [1.54, 1.807) is 0 Å². The zero-order valence-electron chi connectivity index (χ0n) is 63.9. The van der Waals surface area contributed by atoms with Crippen molar-refractivity contribution in [2.24, 2.45) is 0 Å². The van der Waals surface area contributed by atoms with Crippen molar-refractivity contribution in [2.45, 2.75) is 64.1 Å². The van der Waals surface area contributed by atoms with Gasteiger partial charge in [0.15, 0.2) is 159 Å². The van der Waals surface area contributed by atoms with Gasteiger partial charge in [0.05, 0.1) is 8.42 Å². The number of aryl methyl sites for hydroxylation is 4. The fraction of sp³-hybridized carbons (Fsp3) is 0.0476. The second-order valence-corrected chi connectivity index (χ2v) is 36.0. The van der Waals surface area contributed by atoms with E-state index in [1.165, 1.54) is 58.7 Å². The summed E-state index contributed by atoms with van der Waals surface area (Å²) in [5.41, 5.74) is -23.5. The lowest BCUT2D eigenvalue weighted by Crippen LogP contribution is -2.81. The number of halogens is 40. The van der Waals surface area contributed by atoms with Gasteiger partial charge in [0.1, 0.15) is 127 Å². The summed E-state index contributed by atoms with van der Waals surface area (Å²) in [6.07, 6.45) is -14.4. The first-order valence-electron chi connectivity index (χ1n) is 35.4. The van der Waals surface area contributed by atoms with Crippen LogP contribution >= 0.6 is 34.4 Å². The molecule has 0 saturated carbocycles. The molecule has 0 nitrogen and oxygen atoms in total.